The molecular weight excluding hydrogens is 316 g/mol. The first-order chi connectivity index (χ1) is 11.7. The minimum absolute atomic E-state index is 0.0635. The van der Waals surface area contributed by atoms with E-state index in [1.54, 1.807) is 37.4 Å². The molecule has 0 aliphatic carbocycles. The number of amides is 2. The molecular formula is C15H14N4O5. The summed E-state index contributed by atoms with van der Waals surface area (Å²) in [5, 5.41) is 12.6. The van der Waals surface area contributed by atoms with E-state index in [1.807, 2.05) is 0 Å². The van der Waals surface area contributed by atoms with Gasteiger partial charge in [-0.3, -0.25) is 5.32 Å². The topological polar surface area (TPSA) is 112 Å². The monoisotopic (exact) mass is 330 g/mol. The Morgan fingerprint density at radius 1 is 1.12 bits per heavy atom. The number of hydrogen-bond donors (Lipinski definition) is 2. The minimum Gasteiger partial charge on any atom is -0.497 e. The van der Waals surface area contributed by atoms with E-state index < -0.39 is 6.03 Å². The molecule has 2 amide bonds. The molecule has 2 heterocycles. The molecule has 3 aromatic rings. The smallest absolute Gasteiger partial charge is 0.327 e. The number of carbonyl (C=O) groups excluding carboxylic acids is 1. The molecule has 0 fully saturated rings. The van der Waals surface area contributed by atoms with Crippen molar-refractivity contribution in [3.05, 3.63) is 36.6 Å². The summed E-state index contributed by atoms with van der Waals surface area (Å²) in [5.41, 5.74) is 0.460. The van der Waals surface area contributed by atoms with Crippen LogP contribution in [0.1, 0.15) is 0 Å². The number of benzene rings is 1. The first kappa shape index (κ1) is 15.4. The molecule has 0 radical (unpaired) electrons. The van der Waals surface area contributed by atoms with Crippen LogP contribution in [0.4, 0.5) is 16.5 Å². The van der Waals surface area contributed by atoms with Gasteiger partial charge in [-0.1, -0.05) is 5.10 Å². The molecule has 1 aromatic carbocycles. The molecule has 2 N–H and O–H groups in total. The highest BCUT2D eigenvalue weighted by Crippen LogP contribution is 2.29. The number of nitrogens with zero attached hydrogens (tertiary/aromatic N) is 2. The first-order valence-corrected chi connectivity index (χ1v) is 6.87. The Morgan fingerprint density at radius 3 is 2.71 bits per heavy atom. The molecule has 0 saturated carbocycles. The number of aromatic nitrogens is 2. The van der Waals surface area contributed by atoms with Crippen LogP contribution in [0.25, 0.3) is 11.7 Å². The Hall–Kier alpha value is -3.49. The van der Waals surface area contributed by atoms with E-state index in [2.05, 4.69) is 20.8 Å². The molecule has 0 saturated heterocycles. The van der Waals surface area contributed by atoms with Crippen LogP contribution in [0.15, 0.2) is 45.4 Å². The number of hydrogen-bond acceptors (Lipinski definition) is 7. The number of nitrogens with one attached hydrogen (secondary N) is 2. The van der Waals surface area contributed by atoms with Gasteiger partial charge in [0.25, 0.3) is 5.89 Å². The fourth-order valence-electron chi connectivity index (χ4n) is 1.93. The number of urea groups is 1. The first-order valence-electron chi connectivity index (χ1n) is 6.87. The van der Waals surface area contributed by atoms with Crippen LogP contribution in [0.3, 0.4) is 0 Å². The summed E-state index contributed by atoms with van der Waals surface area (Å²) < 4.78 is 20.7. The average Bonchev–Trinajstić information content (AvgIpc) is 3.26. The summed E-state index contributed by atoms with van der Waals surface area (Å²) in [4.78, 5) is 12.0. The lowest BCUT2D eigenvalue weighted by Crippen LogP contribution is -2.20. The molecule has 24 heavy (non-hydrogen) atoms. The van der Waals surface area contributed by atoms with Crippen molar-refractivity contribution in [2.45, 2.75) is 0 Å². The Morgan fingerprint density at radius 2 is 2.00 bits per heavy atom. The third-order valence-corrected chi connectivity index (χ3v) is 3.03. The quantitative estimate of drug-likeness (QED) is 0.739. The zero-order valence-electron chi connectivity index (χ0n) is 12.9. The SMILES string of the molecule is COc1ccc(NC(=O)Nc2nnc(-c3ccco3)o2)c(OC)c1. The molecule has 9 heteroatoms. The van der Waals surface area contributed by atoms with Gasteiger partial charge in [0.2, 0.25) is 0 Å². The predicted molar refractivity (Wildman–Crippen MR) is 84.2 cm³/mol. The maximum atomic E-state index is 12.0. The maximum Gasteiger partial charge on any atom is 0.327 e. The van der Waals surface area contributed by atoms with E-state index in [9.17, 15) is 4.79 Å². The Balaban J connectivity index is 1.68. The zero-order chi connectivity index (χ0) is 16.9. The van der Waals surface area contributed by atoms with Gasteiger partial charge < -0.3 is 23.6 Å². The van der Waals surface area contributed by atoms with E-state index >= 15 is 0 Å². The molecule has 9 nitrogen and oxygen atoms in total. The predicted octanol–water partition coefficient (Wildman–Crippen LogP) is 2.99. The largest absolute Gasteiger partial charge is 0.497 e. The van der Waals surface area contributed by atoms with Gasteiger partial charge in [-0.05, 0) is 24.3 Å². The lowest BCUT2D eigenvalue weighted by molar-refractivity contribution is 0.261. The highest BCUT2D eigenvalue weighted by Gasteiger charge is 2.14. The maximum absolute atomic E-state index is 12.0. The van der Waals surface area contributed by atoms with E-state index in [4.69, 9.17) is 18.3 Å². The molecule has 0 aliphatic heterocycles. The number of rotatable bonds is 5. The van der Waals surface area contributed by atoms with Gasteiger partial charge >= 0.3 is 12.0 Å². The van der Waals surface area contributed by atoms with Gasteiger partial charge in [-0.25, -0.2) is 4.79 Å². The third-order valence-electron chi connectivity index (χ3n) is 3.03. The van der Waals surface area contributed by atoms with Gasteiger partial charge in [0.1, 0.15) is 11.5 Å². The standard InChI is InChI=1S/C15H14N4O5/c1-21-9-5-6-10(12(8-9)22-2)16-14(20)17-15-19-18-13(24-15)11-4-3-7-23-11/h3-8H,1-2H3,(H2,16,17,19,20). The second-order valence-corrected chi connectivity index (χ2v) is 4.54. The Bertz CT molecular complexity index is 828. The molecule has 2 aromatic heterocycles. The van der Waals surface area contributed by atoms with Crippen molar-refractivity contribution in [2.24, 2.45) is 0 Å². The van der Waals surface area contributed by atoms with Crippen molar-refractivity contribution < 1.29 is 23.1 Å². The van der Waals surface area contributed by atoms with Gasteiger partial charge in [-0.15, -0.1) is 5.10 Å². The lowest BCUT2D eigenvalue weighted by Gasteiger charge is -2.11. The van der Waals surface area contributed by atoms with E-state index in [0.717, 1.165) is 0 Å². The number of carbonyl (C=O) groups is 1. The van der Waals surface area contributed by atoms with Crippen LogP contribution >= 0.6 is 0 Å². The normalized spacial score (nSPS) is 10.2. The second kappa shape index (κ2) is 6.73. The average molecular weight is 330 g/mol. The van der Waals surface area contributed by atoms with Crippen molar-refractivity contribution in [1.29, 1.82) is 0 Å². The zero-order valence-corrected chi connectivity index (χ0v) is 12.9. The van der Waals surface area contributed by atoms with Crippen LogP contribution in [-0.2, 0) is 0 Å². The van der Waals surface area contributed by atoms with Crippen molar-refractivity contribution in [3.8, 4) is 23.1 Å². The van der Waals surface area contributed by atoms with E-state index in [-0.39, 0.29) is 11.9 Å². The number of ether oxygens (including phenoxy) is 2. The van der Waals surface area contributed by atoms with Crippen molar-refractivity contribution in [1.82, 2.24) is 10.2 Å². The second-order valence-electron chi connectivity index (χ2n) is 4.54. The van der Waals surface area contributed by atoms with E-state index in [0.29, 0.717) is 22.9 Å². The molecule has 0 unspecified atom stereocenters. The van der Waals surface area contributed by atoms with Gasteiger partial charge in [0.05, 0.1) is 26.2 Å². The molecule has 3 rings (SSSR count). The summed E-state index contributed by atoms with van der Waals surface area (Å²) in [5.74, 6) is 1.63. The highest BCUT2D eigenvalue weighted by molar-refractivity contribution is 5.99. The van der Waals surface area contributed by atoms with E-state index in [1.165, 1.54) is 13.4 Å². The summed E-state index contributed by atoms with van der Waals surface area (Å²) in [6.07, 6.45) is 1.48. The van der Waals surface area contributed by atoms with Gasteiger partial charge in [0, 0.05) is 6.07 Å². The molecule has 0 atom stereocenters. The number of anilines is 2. The minimum atomic E-state index is -0.562. The Kier molecular flexibility index (Phi) is 4.32. The van der Waals surface area contributed by atoms with Crippen LogP contribution in [-0.4, -0.2) is 30.4 Å². The van der Waals surface area contributed by atoms with Crippen molar-refractivity contribution in [3.63, 3.8) is 0 Å². The summed E-state index contributed by atoms with van der Waals surface area (Å²) in [7, 11) is 3.03. The van der Waals surface area contributed by atoms with Crippen molar-refractivity contribution >= 4 is 17.7 Å². The van der Waals surface area contributed by atoms with Crippen molar-refractivity contribution in [2.75, 3.05) is 24.9 Å². The Labute approximate surface area is 136 Å². The summed E-state index contributed by atoms with van der Waals surface area (Å²) in [6, 6.07) is 7.73. The highest BCUT2D eigenvalue weighted by atomic mass is 16.5. The van der Waals surface area contributed by atoms with Gasteiger partial charge in [-0.2, -0.15) is 0 Å². The van der Waals surface area contributed by atoms with Crippen LogP contribution in [0, 0.1) is 0 Å². The molecule has 0 aliphatic rings. The summed E-state index contributed by atoms with van der Waals surface area (Å²) >= 11 is 0. The molecule has 124 valence electrons. The third kappa shape index (κ3) is 3.29. The lowest BCUT2D eigenvalue weighted by atomic mass is 10.2. The van der Waals surface area contributed by atoms with Crippen LogP contribution < -0.4 is 20.1 Å². The number of furan rings is 1. The van der Waals surface area contributed by atoms with Gasteiger partial charge in [0.15, 0.2) is 5.76 Å². The summed E-state index contributed by atoms with van der Waals surface area (Å²) in [6.45, 7) is 0. The van der Waals surface area contributed by atoms with Crippen LogP contribution in [0.2, 0.25) is 0 Å². The fraction of sp³-hybridized carbons (Fsp3) is 0.133. The molecule has 0 spiro atoms. The fourth-order valence-corrected chi connectivity index (χ4v) is 1.93. The number of methoxy groups -OCH3 is 2. The van der Waals surface area contributed by atoms with Crippen LogP contribution in [0.5, 0.6) is 11.5 Å². The molecule has 0 bridgehead atoms.